The Balaban J connectivity index is 1.45. The van der Waals surface area contributed by atoms with Crippen LogP contribution in [0.1, 0.15) is 22.3 Å². The molecular formula is C29H26O4. The topological polar surface area (TPSA) is 44.8 Å². The Kier molecular flexibility index (Phi) is 6.75. The standard InChI is InChI=1S/C29H26O4/c1-20-15-21(2)17-25(16-20)32-19-29(30)33-27-14-12-22(18-28(27)31-3)11-13-24-9-6-8-23-7-4-5-10-26(23)24/h4-18H,19H2,1-3H3/b13-11+. The molecule has 0 heterocycles. The number of carbonyl (C=O) groups is 1. The van der Waals surface area contributed by atoms with Crippen LogP contribution >= 0.6 is 0 Å². The number of rotatable bonds is 7. The molecular weight excluding hydrogens is 412 g/mol. The number of ether oxygens (including phenoxy) is 3. The molecule has 0 radical (unpaired) electrons. The molecule has 4 aromatic rings. The molecule has 0 aliphatic rings. The van der Waals surface area contributed by atoms with Gasteiger partial charge in [-0.15, -0.1) is 0 Å². The van der Waals surface area contributed by atoms with Crippen molar-refractivity contribution in [1.82, 2.24) is 0 Å². The van der Waals surface area contributed by atoms with Gasteiger partial charge in [0, 0.05) is 0 Å². The lowest BCUT2D eigenvalue weighted by atomic mass is 10.0. The molecule has 4 rings (SSSR count). The van der Waals surface area contributed by atoms with Crippen molar-refractivity contribution in [3.8, 4) is 17.2 Å². The summed E-state index contributed by atoms with van der Waals surface area (Å²) in [5.74, 6) is 0.987. The van der Waals surface area contributed by atoms with Gasteiger partial charge in [0.05, 0.1) is 7.11 Å². The van der Waals surface area contributed by atoms with Crippen molar-refractivity contribution >= 4 is 28.9 Å². The smallest absolute Gasteiger partial charge is 0.349 e. The lowest BCUT2D eigenvalue weighted by molar-refractivity contribution is -0.136. The number of hydrogen-bond acceptors (Lipinski definition) is 4. The maximum absolute atomic E-state index is 12.3. The lowest BCUT2D eigenvalue weighted by Crippen LogP contribution is -2.18. The molecule has 4 nitrogen and oxygen atoms in total. The molecule has 0 bridgehead atoms. The minimum atomic E-state index is -0.494. The fourth-order valence-corrected chi connectivity index (χ4v) is 3.76. The average Bonchev–Trinajstić information content (AvgIpc) is 2.81. The molecule has 166 valence electrons. The van der Waals surface area contributed by atoms with E-state index in [0.717, 1.165) is 22.3 Å². The second-order valence-corrected chi connectivity index (χ2v) is 7.90. The first-order chi connectivity index (χ1) is 16.0. The summed E-state index contributed by atoms with van der Waals surface area (Å²) in [6, 6.07) is 25.8. The van der Waals surface area contributed by atoms with Crippen LogP contribution in [0.3, 0.4) is 0 Å². The maximum Gasteiger partial charge on any atom is 0.349 e. The number of methoxy groups -OCH3 is 1. The van der Waals surface area contributed by atoms with Gasteiger partial charge < -0.3 is 14.2 Å². The molecule has 0 aliphatic heterocycles. The summed E-state index contributed by atoms with van der Waals surface area (Å²) in [6.45, 7) is 3.79. The van der Waals surface area contributed by atoms with Gasteiger partial charge in [0.2, 0.25) is 0 Å². The first-order valence-electron chi connectivity index (χ1n) is 10.8. The van der Waals surface area contributed by atoms with E-state index in [1.54, 1.807) is 13.2 Å². The number of carbonyl (C=O) groups excluding carboxylic acids is 1. The third-order valence-corrected chi connectivity index (χ3v) is 5.24. The Morgan fingerprint density at radius 2 is 1.58 bits per heavy atom. The van der Waals surface area contributed by atoms with Crippen LogP contribution < -0.4 is 14.2 Å². The molecule has 0 spiro atoms. The highest BCUT2D eigenvalue weighted by molar-refractivity contribution is 5.92. The van der Waals surface area contributed by atoms with Crippen molar-refractivity contribution in [2.24, 2.45) is 0 Å². The Labute approximate surface area is 194 Å². The average molecular weight is 439 g/mol. The molecule has 0 unspecified atom stereocenters. The van der Waals surface area contributed by atoms with Gasteiger partial charge in [0.1, 0.15) is 5.75 Å². The van der Waals surface area contributed by atoms with Crippen LogP contribution in [0.25, 0.3) is 22.9 Å². The van der Waals surface area contributed by atoms with Crippen LogP contribution in [0.4, 0.5) is 0 Å². The van der Waals surface area contributed by atoms with Gasteiger partial charge >= 0.3 is 5.97 Å². The minimum absolute atomic E-state index is 0.186. The molecule has 0 N–H and O–H groups in total. The molecule has 0 fully saturated rings. The third kappa shape index (κ3) is 5.60. The van der Waals surface area contributed by atoms with Crippen LogP contribution in [0.2, 0.25) is 0 Å². The van der Waals surface area contributed by atoms with Crippen molar-refractivity contribution in [2.45, 2.75) is 13.8 Å². The Hall–Kier alpha value is -4.05. The summed E-state index contributed by atoms with van der Waals surface area (Å²) in [7, 11) is 1.55. The fourth-order valence-electron chi connectivity index (χ4n) is 3.76. The molecule has 4 aromatic carbocycles. The van der Waals surface area contributed by atoms with E-state index in [1.165, 1.54) is 10.8 Å². The molecule has 33 heavy (non-hydrogen) atoms. The van der Waals surface area contributed by atoms with Crippen LogP contribution in [-0.2, 0) is 4.79 Å². The number of fused-ring (bicyclic) bond motifs is 1. The normalized spacial score (nSPS) is 11.0. The minimum Gasteiger partial charge on any atom is -0.493 e. The van der Waals surface area contributed by atoms with Gasteiger partial charge in [-0.05, 0) is 71.1 Å². The second kappa shape index (κ2) is 10.0. The highest BCUT2D eigenvalue weighted by Gasteiger charge is 2.12. The zero-order chi connectivity index (χ0) is 23.2. The SMILES string of the molecule is COc1cc(/C=C/c2cccc3ccccc23)ccc1OC(=O)COc1cc(C)cc(C)c1. The Morgan fingerprint density at radius 1 is 0.818 bits per heavy atom. The molecule has 0 atom stereocenters. The molecule has 0 aliphatic carbocycles. The van der Waals surface area contributed by atoms with E-state index in [4.69, 9.17) is 14.2 Å². The van der Waals surface area contributed by atoms with Gasteiger partial charge in [-0.3, -0.25) is 0 Å². The van der Waals surface area contributed by atoms with Crippen LogP contribution in [0, 0.1) is 13.8 Å². The van der Waals surface area contributed by atoms with Gasteiger partial charge in [-0.25, -0.2) is 4.79 Å². The Morgan fingerprint density at radius 3 is 2.36 bits per heavy atom. The maximum atomic E-state index is 12.3. The van der Waals surface area contributed by atoms with Crippen molar-refractivity contribution in [3.63, 3.8) is 0 Å². The van der Waals surface area contributed by atoms with Gasteiger partial charge in [0.15, 0.2) is 18.1 Å². The van der Waals surface area contributed by atoms with Crippen LogP contribution in [0.15, 0.2) is 78.9 Å². The van der Waals surface area contributed by atoms with Gasteiger partial charge in [-0.2, -0.15) is 0 Å². The number of benzene rings is 4. The summed E-state index contributed by atoms with van der Waals surface area (Å²) in [5.41, 5.74) is 4.22. The van der Waals surface area contributed by atoms with Crippen LogP contribution in [-0.4, -0.2) is 19.7 Å². The van der Waals surface area contributed by atoms with Gasteiger partial charge in [0.25, 0.3) is 0 Å². The Bertz CT molecular complexity index is 1300. The van der Waals surface area contributed by atoms with Gasteiger partial charge in [-0.1, -0.05) is 66.7 Å². The summed E-state index contributed by atoms with van der Waals surface area (Å²) >= 11 is 0. The summed E-state index contributed by atoms with van der Waals surface area (Å²) in [5, 5.41) is 2.39. The van der Waals surface area contributed by atoms with E-state index in [0.29, 0.717) is 17.2 Å². The highest BCUT2D eigenvalue weighted by atomic mass is 16.6. The molecule has 0 aromatic heterocycles. The first-order valence-corrected chi connectivity index (χ1v) is 10.8. The van der Waals surface area contributed by atoms with Crippen molar-refractivity contribution in [2.75, 3.05) is 13.7 Å². The fraction of sp³-hybridized carbons (Fsp3) is 0.138. The second-order valence-electron chi connectivity index (χ2n) is 7.90. The number of esters is 1. The molecule has 0 saturated heterocycles. The van der Waals surface area contributed by atoms with E-state index in [2.05, 4.69) is 30.3 Å². The van der Waals surface area contributed by atoms with E-state index in [9.17, 15) is 4.79 Å². The number of hydrogen-bond donors (Lipinski definition) is 0. The van der Waals surface area contributed by atoms with Crippen molar-refractivity contribution in [3.05, 3.63) is 101 Å². The zero-order valence-electron chi connectivity index (χ0n) is 19.0. The van der Waals surface area contributed by atoms with E-state index < -0.39 is 5.97 Å². The summed E-state index contributed by atoms with van der Waals surface area (Å²) in [4.78, 5) is 12.3. The van der Waals surface area contributed by atoms with E-state index in [-0.39, 0.29) is 6.61 Å². The first kappa shape index (κ1) is 22.2. The van der Waals surface area contributed by atoms with Crippen LogP contribution in [0.5, 0.6) is 17.2 Å². The van der Waals surface area contributed by atoms with Crippen molar-refractivity contribution in [1.29, 1.82) is 0 Å². The third-order valence-electron chi connectivity index (χ3n) is 5.24. The predicted molar refractivity (Wildman–Crippen MR) is 133 cm³/mol. The largest absolute Gasteiger partial charge is 0.493 e. The highest BCUT2D eigenvalue weighted by Crippen LogP contribution is 2.29. The predicted octanol–water partition coefficient (Wildman–Crippen LogP) is 6.62. The number of aryl methyl sites for hydroxylation is 2. The van der Waals surface area contributed by atoms with Crippen molar-refractivity contribution < 1.29 is 19.0 Å². The molecule has 0 saturated carbocycles. The van der Waals surface area contributed by atoms with E-state index in [1.807, 2.05) is 68.5 Å². The summed E-state index contributed by atoms with van der Waals surface area (Å²) in [6.07, 6.45) is 4.08. The van der Waals surface area contributed by atoms with E-state index >= 15 is 0 Å². The molecule has 0 amide bonds. The summed E-state index contributed by atoms with van der Waals surface area (Å²) < 4.78 is 16.5. The monoisotopic (exact) mass is 438 g/mol. The lowest BCUT2D eigenvalue weighted by Gasteiger charge is -2.11. The zero-order valence-corrected chi connectivity index (χ0v) is 19.0. The quantitative estimate of drug-likeness (QED) is 0.185. The molecule has 4 heteroatoms.